The summed E-state index contributed by atoms with van der Waals surface area (Å²) in [4.78, 5) is 47.8. The molecule has 4 rings (SSSR count). The first-order chi connectivity index (χ1) is 14.9. The van der Waals surface area contributed by atoms with Crippen molar-refractivity contribution in [1.82, 2.24) is 15.4 Å². The van der Waals surface area contributed by atoms with Gasteiger partial charge in [0.25, 0.3) is 17.4 Å². The Bertz CT molecular complexity index is 1250. The lowest BCUT2D eigenvalue weighted by atomic mass is 10.2. The molecule has 0 unspecified atom stereocenters. The fourth-order valence-corrected chi connectivity index (χ4v) is 3.10. The molecule has 0 saturated heterocycles. The molecule has 0 atom stereocenters. The van der Waals surface area contributed by atoms with Crippen molar-refractivity contribution in [1.29, 1.82) is 0 Å². The molecule has 0 radical (unpaired) electrons. The summed E-state index contributed by atoms with van der Waals surface area (Å²) in [6.07, 6.45) is 0. The second kappa shape index (κ2) is 8.23. The predicted molar refractivity (Wildman–Crippen MR) is 118 cm³/mol. The highest BCUT2D eigenvalue weighted by atomic mass is 16.2. The number of benzene rings is 2. The molecule has 0 bridgehead atoms. The van der Waals surface area contributed by atoms with Gasteiger partial charge in [-0.3, -0.25) is 24.8 Å². The van der Waals surface area contributed by atoms with Crippen molar-refractivity contribution in [2.75, 3.05) is 16.9 Å². The topological polar surface area (TPSA) is 120 Å². The van der Waals surface area contributed by atoms with Gasteiger partial charge in [0, 0.05) is 23.0 Å². The molecule has 1 aromatic heterocycles. The van der Waals surface area contributed by atoms with Crippen molar-refractivity contribution in [3.8, 4) is 11.4 Å². The van der Waals surface area contributed by atoms with Gasteiger partial charge in [-0.25, -0.2) is 9.99 Å². The first kappa shape index (κ1) is 20.0. The Kier molecular flexibility index (Phi) is 5.31. The van der Waals surface area contributed by atoms with E-state index in [-0.39, 0.29) is 23.8 Å². The number of rotatable bonds is 4. The summed E-state index contributed by atoms with van der Waals surface area (Å²) in [5.74, 6) is -0.331. The molecular weight excluding hydrogens is 396 g/mol. The molecule has 2 amide bonds. The van der Waals surface area contributed by atoms with Gasteiger partial charge in [-0.1, -0.05) is 29.8 Å². The zero-order valence-electron chi connectivity index (χ0n) is 17.0. The number of nitrogens with one attached hydrogen (secondary N) is 3. The van der Waals surface area contributed by atoms with Crippen molar-refractivity contribution in [2.24, 2.45) is 4.99 Å². The van der Waals surface area contributed by atoms with E-state index in [0.29, 0.717) is 28.5 Å². The van der Waals surface area contributed by atoms with Gasteiger partial charge in [-0.15, -0.1) is 0 Å². The number of aromatic amines is 1. The van der Waals surface area contributed by atoms with Crippen molar-refractivity contribution in [3.05, 3.63) is 76.2 Å². The van der Waals surface area contributed by atoms with E-state index in [4.69, 9.17) is 0 Å². The number of amidine groups is 1. The number of anilines is 2. The maximum absolute atomic E-state index is 12.7. The third-order valence-electron chi connectivity index (χ3n) is 4.61. The number of carbonyl (C=O) groups is 2. The van der Waals surface area contributed by atoms with E-state index in [9.17, 15) is 14.4 Å². The van der Waals surface area contributed by atoms with Crippen LogP contribution in [0.1, 0.15) is 11.3 Å². The minimum Gasteiger partial charge on any atom is -0.319 e. The standard InChI is InChI=1S/C22H20N6O3/c1-13-6-8-17(9-7-13)28-19(30)12-23-21(27-28)22(31)25-16-5-3-4-15(11-16)20-24-14(2)10-18(29)26-20/h3-11H,12H2,1-2H3,(H,23,27)(H,25,31)(H,24,26,29). The first-order valence-corrected chi connectivity index (χ1v) is 9.59. The third kappa shape index (κ3) is 4.50. The van der Waals surface area contributed by atoms with Crippen LogP contribution in [0.15, 0.2) is 64.4 Å². The van der Waals surface area contributed by atoms with Gasteiger partial charge in [0.1, 0.15) is 12.4 Å². The Morgan fingerprint density at radius 2 is 1.84 bits per heavy atom. The highest BCUT2D eigenvalue weighted by Crippen LogP contribution is 2.19. The highest BCUT2D eigenvalue weighted by molar-refractivity contribution is 6.43. The molecule has 31 heavy (non-hydrogen) atoms. The molecule has 0 spiro atoms. The molecule has 3 aromatic rings. The van der Waals surface area contributed by atoms with E-state index < -0.39 is 5.91 Å². The van der Waals surface area contributed by atoms with Gasteiger partial charge in [0.2, 0.25) is 5.84 Å². The summed E-state index contributed by atoms with van der Waals surface area (Å²) in [6, 6.07) is 15.7. The molecule has 0 aliphatic carbocycles. The summed E-state index contributed by atoms with van der Waals surface area (Å²) < 4.78 is 0. The number of hydrogen-bond donors (Lipinski definition) is 3. The Labute approximate surface area is 177 Å². The molecule has 156 valence electrons. The second-order valence-corrected chi connectivity index (χ2v) is 7.11. The van der Waals surface area contributed by atoms with E-state index in [1.54, 1.807) is 43.3 Å². The van der Waals surface area contributed by atoms with Crippen LogP contribution in [0, 0.1) is 13.8 Å². The fourth-order valence-electron chi connectivity index (χ4n) is 3.10. The number of aliphatic imine (C=N–C) groups is 1. The number of amides is 2. The van der Waals surface area contributed by atoms with Gasteiger partial charge in [-0.2, -0.15) is 0 Å². The zero-order valence-corrected chi connectivity index (χ0v) is 17.0. The third-order valence-corrected chi connectivity index (χ3v) is 4.61. The number of aromatic nitrogens is 2. The summed E-state index contributed by atoms with van der Waals surface area (Å²) >= 11 is 0. The van der Waals surface area contributed by atoms with Gasteiger partial charge < -0.3 is 10.3 Å². The van der Waals surface area contributed by atoms with Gasteiger partial charge >= 0.3 is 0 Å². The van der Waals surface area contributed by atoms with Crippen LogP contribution in [0.5, 0.6) is 0 Å². The first-order valence-electron chi connectivity index (χ1n) is 9.59. The lowest BCUT2D eigenvalue weighted by molar-refractivity contribution is -0.118. The average molecular weight is 416 g/mol. The molecule has 9 heteroatoms. The summed E-state index contributed by atoms with van der Waals surface area (Å²) in [5, 5.41) is 4.06. The quantitative estimate of drug-likeness (QED) is 0.600. The minimum atomic E-state index is -0.493. The number of carbonyl (C=O) groups excluding carboxylic acids is 2. The number of H-pyrrole nitrogens is 1. The maximum Gasteiger partial charge on any atom is 0.292 e. The molecule has 0 fully saturated rings. The van der Waals surface area contributed by atoms with E-state index in [2.05, 4.69) is 25.7 Å². The monoisotopic (exact) mass is 416 g/mol. The SMILES string of the molecule is Cc1ccc(N2NC(C(=O)Nc3cccc(-c4nc(C)cc(=O)[nH]4)c3)=NCC2=O)cc1. The van der Waals surface area contributed by atoms with E-state index >= 15 is 0 Å². The Balaban J connectivity index is 1.52. The van der Waals surface area contributed by atoms with Crippen molar-refractivity contribution >= 4 is 29.0 Å². The lowest BCUT2D eigenvalue weighted by Crippen LogP contribution is -2.54. The average Bonchev–Trinajstić information content (AvgIpc) is 2.74. The number of aryl methyl sites for hydroxylation is 2. The molecule has 1 aliphatic rings. The Hall–Kier alpha value is -4.27. The largest absolute Gasteiger partial charge is 0.319 e. The van der Waals surface area contributed by atoms with Crippen LogP contribution in [0.2, 0.25) is 0 Å². The number of hydrogen-bond acceptors (Lipinski definition) is 6. The molecule has 2 heterocycles. The molecule has 9 nitrogen and oxygen atoms in total. The van der Waals surface area contributed by atoms with Crippen LogP contribution < -0.4 is 21.3 Å². The number of nitrogens with zero attached hydrogens (tertiary/aromatic N) is 3. The second-order valence-electron chi connectivity index (χ2n) is 7.11. The Morgan fingerprint density at radius 1 is 1.06 bits per heavy atom. The molecule has 0 saturated carbocycles. The van der Waals surface area contributed by atoms with Crippen LogP contribution in [0.25, 0.3) is 11.4 Å². The smallest absolute Gasteiger partial charge is 0.292 e. The van der Waals surface area contributed by atoms with Gasteiger partial charge in [-0.05, 0) is 38.1 Å². The maximum atomic E-state index is 12.7. The van der Waals surface area contributed by atoms with E-state index in [1.165, 1.54) is 11.1 Å². The fraction of sp³-hybridized carbons (Fsp3) is 0.136. The summed E-state index contributed by atoms with van der Waals surface area (Å²) in [6.45, 7) is 3.54. The van der Waals surface area contributed by atoms with Gasteiger partial charge in [0.15, 0.2) is 0 Å². The zero-order chi connectivity index (χ0) is 22.0. The van der Waals surface area contributed by atoms with Crippen LogP contribution >= 0.6 is 0 Å². The summed E-state index contributed by atoms with van der Waals surface area (Å²) in [7, 11) is 0. The van der Waals surface area contributed by atoms with Gasteiger partial charge in [0.05, 0.1) is 5.69 Å². The van der Waals surface area contributed by atoms with Crippen molar-refractivity contribution in [2.45, 2.75) is 13.8 Å². The van der Waals surface area contributed by atoms with E-state index in [0.717, 1.165) is 5.56 Å². The molecule has 3 N–H and O–H groups in total. The Morgan fingerprint density at radius 3 is 2.58 bits per heavy atom. The van der Waals surface area contributed by atoms with Crippen LogP contribution in [0.3, 0.4) is 0 Å². The number of hydrazine groups is 1. The van der Waals surface area contributed by atoms with Crippen LogP contribution in [-0.2, 0) is 9.59 Å². The van der Waals surface area contributed by atoms with Crippen molar-refractivity contribution < 1.29 is 9.59 Å². The summed E-state index contributed by atoms with van der Waals surface area (Å²) in [5.41, 5.74) is 5.94. The van der Waals surface area contributed by atoms with E-state index in [1.807, 2.05) is 19.1 Å². The van der Waals surface area contributed by atoms with Crippen LogP contribution in [-0.4, -0.2) is 34.2 Å². The van der Waals surface area contributed by atoms with Crippen LogP contribution in [0.4, 0.5) is 11.4 Å². The van der Waals surface area contributed by atoms with Crippen molar-refractivity contribution in [3.63, 3.8) is 0 Å². The highest BCUT2D eigenvalue weighted by Gasteiger charge is 2.25. The predicted octanol–water partition coefficient (Wildman–Crippen LogP) is 1.94. The molecule has 1 aliphatic heterocycles. The molecule has 2 aromatic carbocycles. The minimum absolute atomic E-state index is 0.0210. The molecular formula is C22H20N6O3. The lowest BCUT2D eigenvalue weighted by Gasteiger charge is -2.27. The normalized spacial score (nSPS) is 13.4.